The smallest absolute Gasteiger partial charge is 0.246 e. The Morgan fingerprint density at radius 2 is 1.81 bits per heavy atom. The molecule has 21 heavy (non-hydrogen) atoms. The standard InChI is InChI=1S/C13H12BrCl2NO3S/c1-8-3-4-10(20-8)7-17(2)21(18,19)13-11(15)5-9(14)6-12(13)16/h3-6H,7H2,1-2H3. The summed E-state index contributed by atoms with van der Waals surface area (Å²) in [7, 11) is -2.37. The molecular formula is C13H12BrCl2NO3S. The molecule has 4 nitrogen and oxygen atoms in total. The first-order valence-corrected chi connectivity index (χ1v) is 8.87. The lowest BCUT2D eigenvalue weighted by molar-refractivity contribution is 0.397. The molecule has 0 aliphatic carbocycles. The average molecular weight is 413 g/mol. The first kappa shape index (κ1) is 16.8. The topological polar surface area (TPSA) is 50.5 Å². The maximum absolute atomic E-state index is 12.6. The molecule has 0 N–H and O–H groups in total. The van der Waals surface area contributed by atoms with E-state index in [1.54, 1.807) is 19.1 Å². The van der Waals surface area contributed by atoms with Crippen LogP contribution in [0.5, 0.6) is 0 Å². The van der Waals surface area contributed by atoms with Gasteiger partial charge < -0.3 is 4.42 Å². The van der Waals surface area contributed by atoms with E-state index in [4.69, 9.17) is 27.6 Å². The van der Waals surface area contributed by atoms with Gasteiger partial charge in [-0.25, -0.2) is 8.42 Å². The first-order valence-electron chi connectivity index (χ1n) is 5.88. The minimum absolute atomic E-state index is 0.0665. The van der Waals surface area contributed by atoms with Gasteiger partial charge in [0.2, 0.25) is 10.0 Å². The highest BCUT2D eigenvalue weighted by atomic mass is 79.9. The predicted molar refractivity (Wildman–Crippen MR) is 86.3 cm³/mol. The van der Waals surface area contributed by atoms with Crippen LogP contribution in [0.15, 0.2) is 38.1 Å². The van der Waals surface area contributed by atoms with Crippen molar-refractivity contribution in [3.63, 3.8) is 0 Å². The van der Waals surface area contributed by atoms with Crippen LogP contribution in [0.2, 0.25) is 10.0 Å². The van der Waals surface area contributed by atoms with Gasteiger partial charge in [-0.15, -0.1) is 0 Å². The first-order chi connectivity index (χ1) is 9.71. The minimum atomic E-state index is -3.82. The summed E-state index contributed by atoms with van der Waals surface area (Å²) >= 11 is 15.3. The molecule has 0 unspecified atom stereocenters. The van der Waals surface area contributed by atoms with E-state index in [1.807, 2.05) is 0 Å². The van der Waals surface area contributed by atoms with E-state index in [-0.39, 0.29) is 21.5 Å². The zero-order valence-corrected chi connectivity index (χ0v) is 15.1. The second-order valence-electron chi connectivity index (χ2n) is 4.47. The third-order valence-corrected chi connectivity index (χ3v) is 5.99. The van der Waals surface area contributed by atoms with Crippen LogP contribution in [0.3, 0.4) is 0 Å². The average Bonchev–Trinajstić information content (AvgIpc) is 2.72. The summed E-state index contributed by atoms with van der Waals surface area (Å²) in [5.41, 5.74) is 0. The van der Waals surface area contributed by atoms with Gasteiger partial charge in [0.05, 0.1) is 16.6 Å². The predicted octanol–water partition coefficient (Wildman–Crippen LogP) is 4.48. The largest absolute Gasteiger partial charge is 0.465 e. The molecule has 0 saturated carbocycles. The van der Waals surface area contributed by atoms with Gasteiger partial charge in [0.15, 0.2) is 0 Å². The molecule has 0 bridgehead atoms. The lowest BCUT2D eigenvalue weighted by Gasteiger charge is -2.18. The highest BCUT2D eigenvalue weighted by Gasteiger charge is 2.27. The summed E-state index contributed by atoms with van der Waals surface area (Å²) in [5, 5.41) is 0.133. The second kappa shape index (κ2) is 6.30. The van der Waals surface area contributed by atoms with Crippen molar-refractivity contribution in [2.45, 2.75) is 18.4 Å². The maximum atomic E-state index is 12.6. The van der Waals surface area contributed by atoms with Crippen LogP contribution in [0, 0.1) is 6.92 Å². The molecule has 0 amide bonds. The van der Waals surface area contributed by atoms with Gasteiger partial charge >= 0.3 is 0 Å². The van der Waals surface area contributed by atoms with Crippen LogP contribution in [0.4, 0.5) is 0 Å². The summed E-state index contributed by atoms with van der Waals surface area (Å²) in [5.74, 6) is 1.26. The fourth-order valence-electron chi connectivity index (χ4n) is 1.81. The number of nitrogens with zero attached hydrogens (tertiary/aromatic N) is 1. The van der Waals surface area contributed by atoms with Crippen molar-refractivity contribution in [1.82, 2.24) is 4.31 Å². The molecule has 2 rings (SSSR count). The molecule has 0 spiro atoms. The molecule has 1 heterocycles. The minimum Gasteiger partial charge on any atom is -0.465 e. The number of aryl methyl sites for hydroxylation is 1. The van der Waals surface area contributed by atoms with Gasteiger partial charge in [0.25, 0.3) is 0 Å². The summed E-state index contributed by atoms with van der Waals surface area (Å²) in [4.78, 5) is -0.111. The van der Waals surface area contributed by atoms with Gasteiger partial charge in [-0.3, -0.25) is 0 Å². The Morgan fingerprint density at radius 3 is 2.29 bits per heavy atom. The fourth-order valence-corrected chi connectivity index (χ4v) is 4.82. The molecule has 0 aliphatic heterocycles. The van der Waals surface area contributed by atoms with Crippen LogP contribution >= 0.6 is 39.1 Å². The summed E-state index contributed by atoms with van der Waals surface area (Å²) in [6, 6.07) is 6.48. The third-order valence-electron chi connectivity index (χ3n) is 2.81. The molecular weight excluding hydrogens is 401 g/mol. The Labute approximate surface area is 141 Å². The highest BCUT2D eigenvalue weighted by molar-refractivity contribution is 9.10. The van der Waals surface area contributed by atoms with E-state index < -0.39 is 10.0 Å². The number of furan rings is 1. The lowest BCUT2D eigenvalue weighted by Crippen LogP contribution is -2.26. The fraction of sp³-hybridized carbons (Fsp3) is 0.231. The van der Waals surface area contributed by atoms with Crippen molar-refractivity contribution in [2.24, 2.45) is 0 Å². The zero-order chi connectivity index (χ0) is 15.8. The van der Waals surface area contributed by atoms with Crippen molar-refractivity contribution < 1.29 is 12.8 Å². The van der Waals surface area contributed by atoms with Crippen molar-refractivity contribution in [2.75, 3.05) is 7.05 Å². The monoisotopic (exact) mass is 411 g/mol. The number of rotatable bonds is 4. The molecule has 114 valence electrons. The van der Waals surface area contributed by atoms with E-state index in [2.05, 4.69) is 15.9 Å². The molecule has 0 aliphatic rings. The van der Waals surface area contributed by atoms with Gasteiger partial charge in [0.1, 0.15) is 16.4 Å². The van der Waals surface area contributed by atoms with Crippen LogP contribution in [0.1, 0.15) is 11.5 Å². The zero-order valence-electron chi connectivity index (χ0n) is 11.2. The van der Waals surface area contributed by atoms with Crippen LogP contribution in [-0.4, -0.2) is 19.8 Å². The Kier molecular flexibility index (Phi) is 5.05. The van der Waals surface area contributed by atoms with Crippen LogP contribution in [-0.2, 0) is 16.6 Å². The SMILES string of the molecule is Cc1ccc(CN(C)S(=O)(=O)c2c(Cl)cc(Br)cc2Cl)o1. The molecule has 1 aromatic carbocycles. The van der Waals surface area contributed by atoms with Gasteiger partial charge in [-0.05, 0) is 31.2 Å². The summed E-state index contributed by atoms with van der Waals surface area (Å²) in [6.45, 7) is 1.89. The van der Waals surface area contributed by atoms with E-state index >= 15 is 0 Å². The number of benzene rings is 1. The molecule has 0 saturated heterocycles. The van der Waals surface area contributed by atoms with Gasteiger partial charge in [-0.1, -0.05) is 39.1 Å². The quantitative estimate of drug-likeness (QED) is 0.743. The summed E-state index contributed by atoms with van der Waals surface area (Å²) < 4.78 is 32.3. The number of hydrogen-bond acceptors (Lipinski definition) is 3. The summed E-state index contributed by atoms with van der Waals surface area (Å²) in [6.07, 6.45) is 0. The molecule has 0 radical (unpaired) electrons. The van der Waals surface area contributed by atoms with Crippen molar-refractivity contribution in [3.05, 3.63) is 50.3 Å². The van der Waals surface area contributed by atoms with Gasteiger partial charge in [0, 0.05) is 11.5 Å². The Morgan fingerprint density at radius 1 is 1.24 bits per heavy atom. The van der Waals surface area contributed by atoms with Crippen molar-refractivity contribution >= 4 is 49.2 Å². The van der Waals surface area contributed by atoms with Crippen LogP contribution in [0.25, 0.3) is 0 Å². The number of hydrogen-bond donors (Lipinski definition) is 0. The van der Waals surface area contributed by atoms with Crippen molar-refractivity contribution in [1.29, 1.82) is 0 Å². The normalized spacial score (nSPS) is 12.1. The molecule has 0 atom stereocenters. The maximum Gasteiger partial charge on any atom is 0.246 e. The molecule has 0 fully saturated rings. The third kappa shape index (κ3) is 3.63. The Hall–Kier alpha value is -0.530. The van der Waals surface area contributed by atoms with E-state index in [0.717, 1.165) is 10.1 Å². The van der Waals surface area contributed by atoms with E-state index in [1.165, 1.54) is 19.2 Å². The highest BCUT2D eigenvalue weighted by Crippen LogP contribution is 2.34. The number of halogens is 3. The lowest BCUT2D eigenvalue weighted by atomic mass is 10.4. The molecule has 2 aromatic rings. The van der Waals surface area contributed by atoms with Crippen LogP contribution < -0.4 is 0 Å². The molecule has 8 heteroatoms. The number of sulfonamides is 1. The van der Waals surface area contributed by atoms with E-state index in [0.29, 0.717) is 10.2 Å². The Balaban J connectivity index is 2.38. The second-order valence-corrected chi connectivity index (χ2v) is 8.18. The van der Waals surface area contributed by atoms with E-state index in [9.17, 15) is 8.42 Å². The Bertz CT molecular complexity index is 750. The molecule has 1 aromatic heterocycles. The van der Waals surface area contributed by atoms with Crippen molar-refractivity contribution in [3.8, 4) is 0 Å². The van der Waals surface area contributed by atoms with Gasteiger partial charge in [-0.2, -0.15) is 4.31 Å².